The SMILES string of the molecule is CCCC(CC)NC(CCC)C(=O)O. The molecule has 14 heavy (non-hydrogen) atoms. The van der Waals surface area contributed by atoms with Crippen LogP contribution < -0.4 is 5.32 Å². The molecule has 3 nitrogen and oxygen atoms in total. The zero-order valence-electron chi connectivity index (χ0n) is 9.55. The molecule has 0 rings (SSSR count). The number of aliphatic carboxylic acids is 1. The molecule has 0 saturated carbocycles. The van der Waals surface area contributed by atoms with E-state index in [9.17, 15) is 4.79 Å². The van der Waals surface area contributed by atoms with Crippen LogP contribution in [0.4, 0.5) is 0 Å². The Labute approximate surface area is 86.9 Å². The molecular weight excluding hydrogens is 178 g/mol. The van der Waals surface area contributed by atoms with Crippen LogP contribution in [0.2, 0.25) is 0 Å². The molecule has 0 saturated heterocycles. The molecule has 0 heterocycles. The fourth-order valence-corrected chi connectivity index (χ4v) is 1.61. The first-order chi connectivity index (χ1) is 6.65. The highest BCUT2D eigenvalue weighted by molar-refractivity contribution is 5.73. The maximum absolute atomic E-state index is 10.9. The van der Waals surface area contributed by atoms with Gasteiger partial charge in [0.05, 0.1) is 0 Å². The van der Waals surface area contributed by atoms with Crippen LogP contribution in [-0.4, -0.2) is 23.2 Å². The minimum atomic E-state index is -0.721. The smallest absolute Gasteiger partial charge is 0.320 e. The Hall–Kier alpha value is -0.570. The van der Waals surface area contributed by atoms with Gasteiger partial charge in [-0.15, -0.1) is 0 Å². The van der Waals surface area contributed by atoms with Crippen molar-refractivity contribution in [2.24, 2.45) is 0 Å². The second kappa shape index (κ2) is 7.80. The van der Waals surface area contributed by atoms with Gasteiger partial charge in [0.25, 0.3) is 0 Å². The van der Waals surface area contributed by atoms with Crippen molar-refractivity contribution in [3.8, 4) is 0 Å². The largest absolute Gasteiger partial charge is 0.480 e. The van der Waals surface area contributed by atoms with Crippen molar-refractivity contribution in [3.63, 3.8) is 0 Å². The van der Waals surface area contributed by atoms with Gasteiger partial charge in [0.15, 0.2) is 0 Å². The molecule has 84 valence electrons. The lowest BCUT2D eigenvalue weighted by atomic mass is 10.1. The van der Waals surface area contributed by atoms with Gasteiger partial charge in [0.2, 0.25) is 0 Å². The number of carboxylic acid groups (broad SMARTS) is 1. The molecule has 2 unspecified atom stereocenters. The summed E-state index contributed by atoms with van der Waals surface area (Å²) in [6, 6.07) is -0.0100. The molecule has 0 aromatic heterocycles. The molecule has 2 atom stereocenters. The first-order valence-electron chi connectivity index (χ1n) is 5.64. The third-order valence-electron chi connectivity index (χ3n) is 2.44. The zero-order valence-corrected chi connectivity index (χ0v) is 9.55. The number of carboxylic acids is 1. The maximum Gasteiger partial charge on any atom is 0.320 e. The van der Waals surface area contributed by atoms with Crippen LogP contribution in [0.25, 0.3) is 0 Å². The molecule has 3 heteroatoms. The Kier molecular flexibility index (Phi) is 7.48. The van der Waals surface area contributed by atoms with E-state index in [1.807, 2.05) is 6.92 Å². The third kappa shape index (κ3) is 5.22. The van der Waals surface area contributed by atoms with Crippen LogP contribution in [-0.2, 0) is 4.79 Å². The molecule has 0 aliphatic carbocycles. The summed E-state index contributed by atoms with van der Waals surface area (Å²) >= 11 is 0. The summed E-state index contributed by atoms with van der Waals surface area (Å²) in [5.41, 5.74) is 0. The zero-order chi connectivity index (χ0) is 11.0. The van der Waals surface area contributed by atoms with Crippen molar-refractivity contribution in [1.82, 2.24) is 5.32 Å². The lowest BCUT2D eigenvalue weighted by Gasteiger charge is -2.21. The Bertz CT molecular complexity index is 159. The van der Waals surface area contributed by atoms with E-state index in [0.29, 0.717) is 6.04 Å². The minimum absolute atomic E-state index is 0.354. The van der Waals surface area contributed by atoms with Crippen molar-refractivity contribution in [1.29, 1.82) is 0 Å². The number of rotatable bonds is 8. The monoisotopic (exact) mass is 201 g/mol. The maximum atomic E-state index is 10.9. The summed E-state index contributed by atoms with van der Waals surface area (Å²) in [7, 11) is 0. The quantitative estimate of drug-likeness (QED) is 0.634. The standard InChI is InChI=1S/C11H23NO2/c1-4-7-9(6-3)12-10(8-5-2)11(13)14/h9-10,12H,4-8H2,1-3H3,(H,13,14). The van der Waals surface area contributed by atoms with E-state index < -0.39 is 5.97 Å². The second-order valence-electron chi connectivity index (χ2n) is 3.74. The van der Waals surface area contributed by atoms with Crippen LogP contribution >= 0.6 is 0 Å². The Morgan fingerprint density at radius 1 is 1.21 bits per heavy atom. The lowest BCUT2D eigenvalue weighted by molar-refractivity contribution is -0.139. The van der Waals surface area contributed by atoms with Gasteiger partial charge in [0.1, 0.15) is 6.04 Å². The van der Waals surface area contributed by atoms with Gasteiger partial charge in [-0.25, -0.2) is 0 Å². The van der Waals surface area contributed by atoms with Crippen LogP contribution in [0, 0.1) is 0 Å². The van der Waals surface area contributed by atoms with Gasteiger partial charge in [-0.2, -0.15) is 0 Å². The minimum Gasteiger partial charge on any atom is -0.480 e. The molecule has 0 spiro atoms. The fourth-order valence-electron chi connectivity index (χ4n) is 1.61. The summed E-state index contributed by atoms with van der Waals surface area (Å²) in [6.07, 6.45) is 4.79. The normalized spacial score (nSPS) is 15.1. The molecule has 0 fully saturated rings. The lowest BCUT2D eigenvalue weighted by Crippen LogP contribution is -2.43. The Balaban J connectivity index is 4.03. The number of hydrogen-bond acceptors (Lipinski definition) is 2. The summed E-state index contributed by atoms with van der Waals surface area (Å²) in [5, 5.41) is 12.2. The molecule has 0 aliphatic rings. The Morgan fingerprint density at radius 2 is 1.79 bits per heavy atom. The van der Waals surface area contributed by atoms with Gasteiger partial charge < -0.3 is 10.4 Å². The van der Waals surface area contributed by atoms with Crippen molar-refractivity contribution in [2.75, 3.05) is 0 Å². The molecule has 0 radical (unpaired) electrons. The van der Waals surface area contributed by atoms with Crippen LogP contribution in [0.3, 0.4) is 0 Å². The van der Waals surface area contributed by atoms with E-state index in [-0.39, 0.29) is 6.04 Å². The molecule has 0 amide bonds. The topological polar surface area (TPSA) is 49.3 Å². The highest BCUT2D eigenvalue weighted by Crippen LogP contribution is 2.05. The van der Waals surface area contributed by atoms with E-state index in [2.05, 4.69) is 19.2 Å². The van der Waals surface area contributed by atoms with E-state index in [1.165, 1.54) is 0 Å². The van der Waals surface area contributed by atoms with E-state index >= 15 is 0 Å². The highest BCUT2D eigenvalue weighted by atomic mass is 16.4. The second-order valence-corrected chi connectivity index (χ2v) is 3.74. The summed E-state index contributed by atoms with van der Waals surface area (Å²) < 4.78 is 0. The van der Waals surface area contributed by atoms with Crippen LogP contribution in [0.15, 0.2) is 0 Å². The number of nitrogens with one attached hydrogen (secondary N) is 1. The van der Waals surface area contributed by atoms with Gasteiger partial charge in [-0.05, 0) is 19.3 Å². The van der Waals surface area contributed by atoms with Crippen molar-refractivity contribution in [3.05, 3.63) is 0 Å². The van der Waals surface area contributed by atoms with E-state index in [0.717, 1.165) is 32.1 Å². The Morgan fingerprint density at radius 3 is 2.14 bits per heavy atom. The summed E-state index contributed by atoms with van der Waals surface area (Å²) in [4.78, 5) is 10.9. The van der Waals surface area contributed by atoms with Crippen LogP contribution in [0.5, 0.6) is 0 Å². The van der Waals surface area contributed by atoms with Crippen LogP contribution in [0.1, 0.15) is 52.9 Å². The van der Waals surface area contributed by atoms with E-state index in [1.54, 1.807) is 0 Å². The van der Waals surface area contributed by atoms with Gasteiger partial charge >= 0.3 is 5.97 Å². The first kappa shape index (κ1) is 13.4. The van der Waals surface area contributed by atoms with Gasteiger partial charge in [0, 0.05) is 6.04 Å². The predicted molar refractivity (Wildman–Crippen MR) is 58.5 cm³/mol. The van der Waals surface area contributed by atoms with E-state index in [4.69, 9.17) is 5.11 Å². The first-order valence-corrected chi connectivity index (χ1v) is 5.64. The van der Waals surface area contributed by atoms with Gasteiger partial charge in [-0.3, -0.25) is 4.79 Å². The van der Waals surface area contributed by atoms with Crippen molar-refractivity contribution >= 4 is 5.97 Å². The predicted octanol–water partition coefficient (Wildman–Crippen LogP) is 2.41. The average Bonchev–Trinajstić information content (AvgIpc) is 2.15. The molecule has 0 bridgehead atoms. The molecule has 0 aromatic carbocycles. The molecular formula is C11H23NO2. The average molecular weight is 201 g/mol. The van der Waals surface area contributed by atoms with Crippen molar-refractivity contribution in [2.45, 2.75) is 65.0 Å². The molecule has 0 aromatic rings. The number of hydrogen-bond donors (Lipinski definition) is 2. The molecule has 0 aliphatic heterocycles. The summed E-state index contributed by atoms with van der Waals surface area (Å²) in [5.74, 6) is -0.721. The third-order valence-corrected chi connectivity index (χ3v) is 2.44. The van der Waals surface area contributed by atoms with Gasteiger partial charge in [-0.1, -0.05) is 33.6 Å². The molecule has 2 N–H and O–H groups in total. The summed E-state index contributed by atoms with van der Waals surface area (Å²) in [6.45, 7) is 6.23. The highest BCUT2D eigenvalue weighted by Gasteiger charge is 2.18. The fraction of sp³-hybridized carbons (Fsp3) is 0.909. The van der Waals surface area contributed by atoms with Crippen molar-refractivity contribution < 1.29 is 9.90 Å². The number of carbonyl (C=O) groups is 1.